The second-order valence-electron chi connectivity index (χ2n) is 7.13. The molecule has 0 bridgehead atoms. The summed E-state index contributed by atoms with van der Waals surface area (Å²) in [5, 5.41) is 15.7. The van der Waals surface area contributed by atoms with Gasteiger partial charge in [-0.1, -0.05) is 6.42 Å². The minimum Gasteiger partial charge on any atom is -0.373 e. The fraction of sp³-hybridized carbons (Fsp3) is 0.706. The highest BCUT2D eigenvalue weighted by molar-refractivity contribution is 5.05. The van der Waals surface area contributed by atoms with Gasteiger partial charge in [-0.3, -0.25) is 10.00 Å². The van der Waals surface area contributed by atoms with Crippen LogP contribution in [0, 0.1) is 5.92 Å². The predicted molar refractivity (Wildman–Crippen MR) is 89.2 cm³/mol. The summed E-state index contributed by atoms with van der Waals surface area (Å²) in [7, 11) is 0. The van der Waals surface area contributed by atoms with Crippen LogP contribution in [0.3, 0.4) is 0 Å². The van der Waals surface area contributed by atoms with Gasteiger partial charge in [0, 0.05) is 50.5 Å². The molecule has 0 radical (unpaired) electrons. The van der Waals surface area contributed by atoms with Crippen molar-refractivity contribution < 1.29 is 4.74 Å². The van der Waals surface area contributed by atoms with Gasteiger partial charge in [0.1, 0.15) is 12.4 Å². The average molecular weight is 330 g/mol. The number of nitrogens with one attached hydrogen (secondary N) is 1. The van der Waals surface area contributed by atoms with Crippen LogP contribution in [0.25, 0.3) is 0 Å². The monoisotopic (exact) mass is 330 g/mol. The van der Waals surface area contributed by atoms with Crippen molar-refractivity contribution in [2.75, 3.05) is 13.2 Å². The highest BCUT2D eigenvalue weighted by Crippen LogP contribution is 2.26. The minimum atomic E-state index is 0.439. The molecule has 2 aromatic rings. The zero-order chi connectivity index (χ0) is 16.4. The number of rotatable bonds is 6. The summed E-state index contributed by atoms with van der Waals surface area (Å²) >= 11 is 0. The van der Waals surface area contributed by atoms with Crippen LogP contribution in [0.15, 0.2) is 12.4 Å². The SMILES string of the molecule is C[C@@H]1Cc2nnc(COCC3CCC3)n2CCN1Cc1cn[nH]c1. The van der Waals surface area contributed by atoms with Gasteiger partial charge in [0.25, 0.3) is 0 Å². The molecular formula is C17H26N6O. The van der Waals surface area contributed by atoms with E-state index in [1.807, 2.05) is 12.4 Å². The van der Waals surface area contributed by atoms with E-state index in [1.54, 1.807) is 0 Å². The molecule has 2 aromatic heterocycles. The Bertz CT molecular complexity index is 648. The summed E-state index contributed by atoms with van der Waals surface area (Å²) in [5.41, 5.74) is 1.23. The molecule has 1 fully saturated rings. The summed E-state index contributed by atoms with van der Waals surface area (Å²) in [6.45, 7) is 6.55. The molecule has 7 nitrogen and oxygen atoms in total. The molecular weight excluding hydrogens is 304 g/mol. The van der Waals surface area contributed by atoms with E-state index in [0.29, 0.717) is 12.6 Å². The first-order chi connectivity index (χ1) is 11.8. The maximum absolute atomic E-state index is 5.88. The zero-order valence-electron chi connectivity index (χ0n) is 14.3. The molecule has 3 heterocycles. The number of hydrogen-bond donors (Lipinski definition) is 1. The molecule has 4 rings (SSSR count). The molecule has 0 spiro atoms. The molecule has 1 atom stereocenters. The summed E-state index contributed by atoms with van der Waals surface area (Å²) < 4.78 is 8.14. The van der Waals surface area contributed by atoms with Gasteiger partial charge in [0.2, 0.25) is 0 Å². The Morgan fingerprint density at radius 3 is 2.96 bits per heavy atom. The minimum absolute atomic E-state index is 0.439. The molecule has 0 amide bonds. The van der Waals surface area contributed by atoms with E-state index in [-0.39, 0.29) is 0 Å². The van der Waals surface area contributed by atoms with Crippen LogP contribution < -0.4 is 0 Å². The van der Waals surface area contributed by atoms with Crippen molar-refractivity contribution in [2.45, 2.75) is 58.3 Å². The first-order valence-corrected chi connectivity index (χ1v) is 9.00. The second kappa shape index (κ2) is 7.03. The van der Waals surface area contributed by atoms with Crippen LogP contribution in [-0.2, 0) is 30.9 Å². The molecule has 24 heavy (non-hydrogen) atoms. The first-order valence-electron chi connectivity index (χ1n) is 9.00. The Hall–Kier alpha value is -1.73. The maximum Gasteiger partial charge on any atom is 0.159 e. The molecule has 1 N–H and O–H groups in total. The fourth-order valence-electron chi connectivity index (χ4n) is 3.54. The lowest BCUT2D eigenvalue weighted by Crippen LogP contribution is -2.34. The number of aromatic amines is 1. The van der Waals surface area contributed by atoms with Crippen molar-refractivity contribution in [2.24, 2.45) is 5.92 Å². The normalized spacial score (nSPS) is 22.1. The topological polar surface area (TPSA) is 71.9 Å². The Labute approximate surface area is 142 Å². The lowest BCUT2D eigenvalue weighted by Gasteiger charge is -2.25. The molecule has 0 saturated heterocycles. The Balaban J connectivity index is 1.37. The van der Waals surface area contributed by atoms with Crippen molar-refractivity contribution in [3.8, 4) is 0 Å². The van der Waals surface area contributed by atoms with E-state index >= 15 is 0 Å². The number of fused-ring (bicyclic) bond motifs is 1. The Morgan fingerprint density at radius 2 is 2.21 bits per heavy atom. The van der Waals surface area contributed by atoms with Crippen LogP contribution in [0.5, 0.6) is 0 Å². The van der Waals surface area contributed by atoms with E-state index in [0.717, 1.165) is 50.2 Å². The zero-order valence-corrected chi connectivity index (χ0v) is 14.3. The quantitative estimate of drug-likeness (QED) is 0.874. The summed E-state index contributed by atoms with van der Waals surface area (Å²) in [5.74, 6) is 2.82. The van der Waals surface area contributed by atoms with Gasteiger partial charge in [-0.25, -0.2) is 0 Å². The lowest BCUT2D eigenvalue weighted by atomic mass is 9.86. The highest BCUT2D eigenvalue weighted by Gasteiger charge is 2.24. The van der Waals surface area contributed by atoms with E-state index < -0.39 is 0 Å². The van der Waals surface area contributed by atoms with Crippen LogP contribution >= 0.6 is 0 Å². The molecule has 1 saturated carbocycles. The molecule has 2 aliphatic rings. The number of aromatic nitrogens is 5. The van der Waals surface area contributed by atoms with Crippen molar-refractivity contribution in [1.82, 2.24) is 29.9 Å². The van der Waals surface area contributed by atoms with Crippen molar-refractivity contribution in [1.29, 1.82) is 0 Å². The number of nitrogens with zero attached hydrogens (tertiary/aromatic N) is 5. The van der Waals surface area contributed by atoms with Gasteiger partial charge in [-0.05, 0) is 25.7 Å². The van der Waals surface area contributed by atoms with Gasteiger partial charge in [-0.15, -0.1) is 10.2 Å². The largest absolute Gasteiger partial charge is 0.373 e. The standard InChI is InChI=1S/C17H26N6O/c1-13-7-16-20-21-17(12-24-11-14-3-2-4-14)23(16)6-5-22(13)10-15-8-18-19-9-15/h8-9,13-14H,2-7,10-12H2,1H3,(H,18,19)/t13-/m1/s1. The average Bonchev–Trinajstić information content (AvgIpc) is 3.13. The molecule has 1 aliphatic carbocycles. The second-order valence-corrected chi connectivity index (χ2v) is 7.13. The Kier molecular flexibility index (Phi) is 4.62. The van der Waals surface area contributed by atoms with E-state index in [4.69, 9.17) is 4.74 Å². The van der Waals surface area contributed by atoms with Gasteiger partial charge < -0.3 is 9.30 Å². The van der Waals surface area contributed by atoms with Crippen LogP contribution in [0.4, 0.5) is 0 Å². The van der Waals surface area contributed by atoms with Gasteiger partial charge >= 0.3 is 0 Å². The molecule has 0 aromatic carbocycles. The molecule has 1 aliphatic heterocycles. The van der Waals surface area contributed by atoms with E-state index in [2.05, 4.69) is 36.8 Å². The van der Waals surface area contributed by atoms with Crippen LogP contribution in [0.1, 0.15) is 43.4 Å². The number of H-pyrrole nitrogens is 1. The highest BCUT2D eigenvalue weighted by atomic mass is 16.5. The summed E-state index contributed by atoms with van der Waals surface area (Å²) in [4.78, 5) is 2.48. The third-order valence-corrected chi connectivity index (χ3v) is 5.37. The van der Waals surface area contributed by atoms with Crippen molar-refractivity contribution >= 4 is 0 Å². The van der Waals surface area contributed by atoms with Crippen LogP contribution in [-0.4, -0.2) is 49.1 Å². The summed E-state index contributed by atoms with van der Waals surface area (Å²) in [6, 6.07) is 0.439. The van der Waals surface area contributed by atoms with Crippen LogP contribution in [0.2, 0.25) is 0 Å². The van der Waals surface area contributed by atoms with E-state index in [9.17, 15) is 0 Å². The lowest BCUT2D eigenvalue weighted by molar-refractivity contribution is 0.0542. The molecule has 0 unspecified atom stereocenters. The van der Waals surface area contributed by atoms with Gasteiger partial charge in [0.05, 0.1) is 6.20 Å². The van der Waals surface area contributed by atoms with E-state index in [1.165, 1.54) is 24.8 Å². The third-order valence-electron chi connectivity index (χ3n) is 5.37. The summed E-state index contributed by atoms with van der Waals surface area (Å²) in [6.07, 6.45) is 8.79. The molecule has 7 heteroatoms. The first kappa shape index (κ1) is 15.8. The maximum atomic E-state index is 5.88. The number of ether oxygens (including phenoxy) is 1. The number of hydrogen-bond acceptors (Lipinski definition) is 5. The smallest absolute Gasteiger partial charge is 0.159 e. The third kappa shape index (κ3) is 3.37. The predicted octanol–water partition coefficient (Wildman–Crippen LogP) is 1.76. The Morgan fingerprint density at radius 1 is 1.29 bits per heavy atom. The van der Waals surface area contributed by atoms with Crippen molar-refractivity contribution in [3.05, 3.63) is 29.6 Å². The fourth-order valence-corrected chi connectivity index (χ4v) is 3.54. The van der Waals surface area contributed by atoms with Crippen molar-refractivity contribution in [3.63, 3.8) is 0 Å². The van der Waals surface area contributed by atoms with Gasteiger partial charge in [0.15, 0.2) is 5.82 Å². The van der Waals surface area contributed by atoms with Gasteiger partial charge in [-0.2, -0.15) is 5.10 Å². The molecule has 130 valence electrons.